The molecule has 68 valence electrons. The zero-order valence-electron chi connectivity index (χ0n) is 6.60. The Balaban J connectivity index is -0.0000000483. The van der Waals surface area contributed by atoms with E-state index in [2.05, 4.69) is 6.58 Å². The van der Waals surface area contributed by atoms with Crippen LogP contribution in [0.1, 0.15) is 8.85 Å². The minimum absolute atomic E-state index is 0. The summed E-state index contributed by atoms with van der Waals surface area (Å²) in [4.78, 5) is 9.06. The number of carbonyl (C=O) groups is 1. The van der Waals surface area contributed by atoms with E-state index in [9.17, 15) is 0 Å². The van der Waals surface area contributed by atoms with Crippen molar-refractivity contribution in [2.24, 2.45) is 0 Å². The third-order valence-corrected chi connectivity index (χ3v) is 0.518. The summed E-state index contributed by atoms with van der Waals surface area (Å²) in [5, 5.41) is 24.0. The van der Waals surface area contributed by atoms with Crippen molar-refractivity contribution in [3.63, 3.8) is 0 Å². The van der Waals surface area contributed by atoms with Gasteiger partial charge in [0, 0.05) is 0 Å². The minimum Gasteiger partial charge on any atom is -0.394 e. The number of rotatable bonds is 3. The topological polar surface area (TPSA) is 77.8 Å². The molecule has 0 spiro atoms. The van der Waals surface area contributed by atoms with Crippen molar-refractivity contribution in [3.8, 4) is 0 Å². The predicted octanol–water partition coefficient (Wildman–Crippen LogP) is -0.548. The fourth-order valence-corrected chi connectivity index (χ4v) is 0.0577. The van der Waals surface area contributed by atoms with Crippen molar-refractivity contribution in [2.75, 3.05) is 13.2 Å². The van der Waals surface area contributed by atoms with Crippen molar-refractivity contribution in [1.29, 1.82) is 0 Å². The van der Waals surface area contributed by atoms with E-state index in [0.29, 0.717) is 6.29 Å². The Morgan fingerprint density at radius 3 is 1.73 bits per heavy atom. The molecular formula is C7H17O4+. The SMILES string of the molecule is C.C=CC=O.OCC(O)CO.[H+]. The lowest BCUT2D eigenvalue weighted by Gasteiger charge is -1.96. The molecule has 0 aliphatic rings. The number of aliphatic hydroxyl groups is 3. The van der Waals surface area contributed by atoms with Crippen LogP contribution in [0.25, 0.3) is 0 Å². The van der Waals surface area contributed by atoms with Gasteiger partial charge >= 0.3 is 1.43 Å². The summed E-state index contributed by atoms with van der Waals surface area (Å²) >= 11 is 0. The largest absolute Gasteiger partial charge is 1.00 e. The maximum Gasteiger partial charge on any atom is 1.00 e. The van der Waals surface area contributed by atoms with E-state index >= 15 is 0 Å². The first-order chi connectivity index (χ1) is 4.72. The highest BCUT2D eigenvalue weighted by atomic mass is 16.3. The summed E-state index contributed by atoms with van der Waals surface area (Å²) in [6, 6.07) is 0. The van der Waals surface area contributed by atoms with Crippen LogP contribution < -0.4 is 0 Å². The second-order valence-electron chi connectivity index (χ2n) is 1.39. The van der Waals surface area contributed by atoms with E-state index in [-0.39, 0.29) is 22.1 Å². The van der Waals surface area contributed by atoms with Crippen LogP contribution in [0.4, 0.5) is 0 Å². The molecule has 0 saturated heterocycles. The van der Waals surface area contributed by atoms with E-state index in [1.165, 1.54) is 6.08 Å². The number of aliphatic hydroxyl groups excluding tert-OH is 3. The average molecular weight is 165 g/mol. The molecule has 0 saturated carbocycles. The van der Waals surface area contributed by atoms with E-state index in [1.807, 2.05) is 0 Å². The predicted molar refractivity (Wildman–Crippen MR) is 44.3 cm³/mol. The zero-order valence-corrected chi connectivity index (χ0v) is 5.60. The van der Waals surface area contributed by atoms with Crippen LogP contribution in [-0.4, -0.2) is 40.9 Å². The lowest BCUT2D eigenvalue weighted by Crippen LogP contribution is -2.15. The van der Waals surface area contributed by atoms with Gasteiger partial charge in [0.05, 0.1) is 13.2 Å². The van der Waals surface area contributed by atoms with Crippen LogP contribution in [0.5, 0.6) is 0 Å². The third kappa shape index (κ3) is 26.8. The van der Waals surface area contributed by atoms with Gasteiger partial charge in [0.15, 0.2) is 0 Å². The van der Waals surface area contributed by atoms with Gasteiger partial charge in [0.25, 0.3) is 0 Å². The van der Waals surface area contributed by atoms with Gasteiger partial charge in [-0.25, -0.2) is 0 Å². The Bertz CT molecular complexity index is 77.5. The fraction of sp³-hybridized carbons (Fsp3) is 0.571. The molecule has 4 heteroatoms. The molecule has 0 fully saturated rings. The highest BCUT2D eigenvalue weighted by Crippen LogP contribution is 1.71. The normalized spacial score (nSPS) is 7.27. The van der Waals surface area contributed by atoms with Gasteiger partial charge in [-0.1, -0.05) is 14.0 Å². The second kappa shape index (κ2) is 16.1. The van der Waals surface area contributed by atoms with Crippen LogP contribution in [0.2, 0.25) is 0 Å². The van der Waals surface area contributed by atoms with Gasteiger partial charge in [0.1, 0.15) is 12.4 Å². The number of carbonyl (C=O) groups excluding carboxylic acids is 1. The van der Waals surface area contributed by atoms with Crippen molar-refractivity contribution in [1.82, 2.24) is 0 Å². The van der Waals surface area contributed by atoms with Crippen molar-refractivity contribution in [3.05, 3.63) is 12.7 Å². The van der Waals surface area contributed by atoms with Crippen LogP contribution in [0.15, 0.2) is 12.7 Å². The highest BCUT2D eigenvalue weighted by molar-refractivity contribution is 5.63. The zero-order chi connectivity index (χ0) is 8.41. The first-order valence-electron chi connectivity index (χ1n) is 2.68. The van der Waals surface area contributed by atoms with Crippen LogP contribution >= 0.6 is 0 Å². The Morgan fingerprint density at radius 1 is 1.45 bits per heavy atom. The monoisotopic (exact) mass is 165 g/mol. The molecular weight excluding hydrogens is 148 g/mol. The molecule has 0 aliphatic heterocycles. The fourth-order valence-electron chi connectivity index (χ4n) is 0.0577. The molecule has 0 unspecified atom stereocenters. The summed E-state index contributed by atoms with van der Waals surface area (Å²) in [7, 11) is 0. The second-order valence-corrected chi connectivity index (χ2v) is 1.39. The Labute approximate surface area is 68.3 Å². The number of hydrogen-bond donors (Lipinski definition) is 3. The van der Waals surface area contributed by atoms with Gasteiger partial charge in [-0.05, 0) is 6.08 Å². The van der Waals surface area contributed by atoms with Gasteiger partial charge in [-0.15, -0.1) is 0 Å². The lowest BCUT2D eigenvalue weighted by atomic mass is 10.4. The molecule has 0 heterocycles. The number of hydrogen-bond acceptors (Lipinski definition) is 4. The molecule has 3 N–H and O–H groups in total. The molecule has 0 aliphatic carbocycles. The number of allylic oxidation sites excluding steroid dienone is 1. The van der Waals surface area contributed by atoms with Crippen molar-refractivity contribution < 1.29 is 21.5 Å². The molecule has 0 radical (unpaired) electrons. The van der Waals surface area contributed by atoms with E-state index < -0.39 is 6.10 Å². The van der Waals surface area contributed by atoms with E-state index in [4.69, 9.17) is 20.1 Å². The van der Waals surface area contributed by atoms with Crippen molar-refractivity contribution in [2.45, 2.75) is 13.5 Å². The number of aldehydes is 1. The lowest BCUT2D eigenvalue weighted by molar-refractivity contribution is -0.104. The van der Waals surface area contributed by atoms with Crippen molar-refractivity contribution >= 4 is 6.29 Å². The molecule has 0 bridgehead atoms. The van der Waals surface area contributed by atoms with E-state index in [1.54, 1.807) is 0 Å². The maximum absolute atomic E-state index is 9.06. The maximum atomic E-state index is 9.06. The van der Waals surface area contributed by atoms with Gasteiger partial charge in [-0.2, -0.15) is 0 Å². The summed E-state index contributed by atoms with van der Waals surface area (Å²) in [5.74, 6) is 0. The summed E-state index contributed by atoms with van der Waals surface area (Å²) < 4.78 is 0. The quantitative estimate of drug-likeness (QED) is 0.387. The molecule has 0 aromatic carbocycles. The molecule has 11 heavy (non-hydrogen) atoms. The van der Waals surface area contributed by atoms with Crippen LogP contribution in [-0.2, 0) is 4.79 Å². The smallest absolute Gasteiger partial charge is 0.394 e. The van der Waals surface area contributed by atoms with Crippen LogP contribution in [0, 0.1) is 0 Å². The standard InChI is InChI=1S/C3H8O3.C3H4O.CH4/c4-1-3(6)2-5;1-2-3-4;/h3-6H,1-2H2;2-3H,1H2;1H4/p+1. The summed E-state index contributed by atoms with van der Waals surface area (Å²) in [6.45, 7) is 2.38. The summed E-state index contributed by atoms with van der Waals surface area (Å²) in [5.41, 5.74) is 0. The van der Waals surface area contributed by atoms with Gasteiger partial charge in [-0.3, -0.25) is 4.79 Å². The molecule has 0 rings (SSSR count). The Morgan fingerprint density at radius 2 is 1.73 bits per heavy atom. The van der Waals surface area contributed by atoms with Gasteiger partial charge in [0.2, 0.25) is 0 Å². The first-order valence-corrected chi connectivity index (χ1v) is 2.68. The molecule has 4 nitrogen and oxygen atoms in total. The molecule has 0 aromatic heterocycles. The molecule has 0 amide bonds. The van der Waals surface area contributed by atoms with Gasteiger partial charge < -0.3 is 15.3 Å². The Hall–Kier alpha value is -0.710. The summed E-state index contributed by atoms with van der Waals surface area (Å²) in [6.07, 6.45) is 0.880. The Kier molecular flexibility index (Phi) is 24.5. The molecule has 0 aromatic rings. The average Bonchev–Trinajstić information content (AvgIpc) is 2.03. The van der Waals surface area contributed by atoms with E-state index in [0.717, 1.165) is 0 Å². The first kappa shape index (κ1) is 16.7. The minimum atomic E-state index is -0.954. The highest BCUT2D eigenvalue weighted by Gasteiger charge is 1.93. The molecule has 0 atom stereocenters. The third-order valence-electron chi connectivity index (χ3n) is 0.518. The van der Waals surface area contributed by atoms with Crippen LogP contribution in [0.3, 0.4) is 0 Å².